The topological polar surface area (TPSA) is 60.0 Å². The highest BCUT2D eigenvalue weighted by Crippen LogP contribution is 2.20. The number of aliphatic hydroxyl groups excluding tert-OH is 1. The molecule has 0 spiro atoms. The summed E-state index contributed by atoms with van der Waals surface area (Å²) < 4.78 is 4.00. The number of fused-ring (bicyclic) bond motifs is 1. The second-order valence-corrected chi connectivity index (χ2v) is 6.12. The average molecular weight is 325 g/mol. The van der Waals surface area contributed by atoms with Gasteiger partial charge in [-0.1, -0.05) is 19.1 Å². The molecule has 1 N–H and O–H groups in total. The number of hydrogen-bond acceptors (Lipinski definition) is 3. The van der Waals surface area contributed by atoms with Gasteiger partial charge in [-0.15, -0.1) is 0 Å². The normalized spacial score (nSPS) is 11.3. The molecule has 2 aromatic heterocycles. The Bertz CT molecular complexity index is 890. The third-order valence-corrected chi connectivity index (χ3v) is 4.50. The van der Waals surface area contributed by atoms with Crippen LogP contribution in [-0.4, -0.2) is 25.0 Å². The molecule has 0 aliphatic rings. The number of carbonyl (C=O) groups excluding carboxylic acids is 1. The SMILES string of the molecule is CCCn1c(C)cc(C(=O)Cn2c(CO)nc3ccccc32)c1C. The molecule has 1 aromatic carbocycles. The maximum absolute atomic E-state index is 12.9. The van der Waals surface area contributed by atoms with Gasteiger partial charge < -0.3 is 14.2 Å². The van der Waals surface area contributed by atoms with Crippen LogP contribution in [0.3, 0.4) is 0 Å². The summed E-state index contributed by atoms with van der Waals surface area (Å²) in [5.41, 5.74) is 4.54. The predicted molar refractivity (Wildman–Crippen MR) is 94.2 cm³/mol. The van der Waals surface area contributed by atoms with Gasteiger partial charge in [-0.3, -0.25) is 4.79 Å². The highest BCUT2D eigenvalue weighted by atomic mass is 16.3. The van der Waals surface area contributed by atoms with E-state index in [4.69, 9.17) is 0 Å². The minimum Gasteiger partial charge on any atom is -0.388 e. The zero-order chi connectivity index (χ0) is 17.3. The highest BCUT2D eigenvalue weighted by Gasteiger charge is 2.18. The van der Waals surface area contributed by atoms with E-state index in [0.717, 1.165) is 41.0 Å². The van der Waals surface area contributed by atoms with E-state index < -0.39 is 0 Å². The fourth-order valence-electron chi connectivity index (χ4n) is 3.30. The number of hydrogen-bond donors (Lipinski definition) is 1. The molecule has 0 amide bonds. The zero-order valence-corrected chi connectivity index (χ0v) is 14.4. The van der Waals surface area contributed by atoms with Crippen LogP contribution in [0, 0.1) is 13.8 Å². The number of nitrogens with zero attached hydrogens (tertiary/aromatic N) is 3. The minimum absolute atomic E-state index is 0.0447. The van der Waals surface area contributed by atoms with E-state index in [2.05, 4.69) is 16.5 Å². The van der Waals surface area contributed by atoms with Gasteiger partial charge in [0.15, 0.2) is 5.78 Å². The third-order valence-electron chi connectivity index (χ3n) is 4.50. The van der Waals surface area contributed by atoms with Crippen LogP contribution in [0.15, 0.2) is 30.3 Å². The molecule has 0 aliphatic carbocycles. The molecule has 126 valence electrons. The van der Waals surface area contributed by atoms with Gasteiger partial charge >= 0.3 is 0 Å². The number of benzene rings is 1. The number of aliphatic hydroxyl groups is 1. The number of imidazole rings is 1. The Morgan fingerprint density at radius 3 is 2.67 bits per heavy atom. The number of carbonyl (C=O) groups is 1. The second-order valence-electron chi connectivity index (χ2n) is 6.12. The van der Waals surface area contributed by atoms with Crippen molar-refractivity contribution in [3.05, 3.63) is 53.1 Å². The van der Waals surface area contributed by atoms with Crippen LogP contribution >= 0.6 is 0 Å². The zero-order valence-electron chi connectivity index (χ0n) is 14.4. The van der Waals surface area contributed by atoms with Crippen LogP contribution in [0.2, 0.25) is 0 Å². The number of Topliss-reactive ketones (excluding diaryl/α,β-unsaturated/α-hetero) is 1. The van der Waals surface area contributed by atoms with Crippen molar-refractivity contribution in [2.24, 2.45) is 0 Å². The summed E-state index contributed by atoms with van der Waals surface area (Å²) in [4.78, 5) is 17.3. The van der Waals surface area contributed by atoms with Gasteiger partial charge in [-0.2, -0.15) is 0 Å². The molecule has 24 heavy (non-hydrogen) atoms. The summed E-state index contributed by atoms with van der Waals surface area (Å²) in [5, 5.41) is 9.58. The Kier molecular flexibility index (Phi) is 4.53. The first-order valence-electron chi connectivity index (χ1n) is 8.31. The fourth-order valence-corrected chi connectivity index (χ4v) is 3.30. The third kappa shape index (κ3) is 2.76. The molecule has 0 saturated carbocycles. The fraction of sp³-hybridized carbons (Fsp3) is 0.368. The van der Waals surface area contributed by atoms with Crippen molar-refractivity contribution < 1.29 is 9.90 Å². The molecule has 2 heterocycles. The van der Waals surface area contributed by atoms with Crippen LogP contribution in [0.5, 0.6) is 0 Å². The first-order valence-corrected chi connectivity index (χ1v) is 8.31. The van der Waals surface area contributed by atoms with Gasteiger partial charge in [0.2, 0.25) is 0 Å². The highest BCUT2D eigenvalue weighted by molar-refractivity contribution is 5.98. The number of para-hydroxylation sites is 2. The van der Waals surface area contributed by atoms with Crippen LogP contribution in [0.4, 0.5) is 0 Å². The van der Waals surface area contributed by atoms with E-state index in [0.29, 0.717) is 5.82 Å². The van der Waals surface area contributed by atoms with Gasteiger partial charge in [-0.25, -0.2) is 4.98 Å². The van der Waals surface area contributed by atoms with Crippen molar-refractivity contribution in [2.45, 2.75) is 46.9 Å². The Hall–Kier alpha value is -2.40. The van der Waals surface area contributed by atoms with E-state index in [1.54, 1.807) is 0 Å². The van der Waals surface area contributed by atoms with Gasteiger partial charge in [0.1, 0.15) is 12.4 Å². The van der Waals surface area contributed by atoms with Crippen molar-refractivity contribution in [3.8, 4) is 0 Å². The molecule has 0 atom stereocenters. The smallest absolute Gasteiger partial charge is 0.184 e. The number of aryl methyl sites for hydroxylation is 1. The first kappa shape index (κ1) is 16.5. The summed E-state index contributed by atoms with van der Waals surface area (Å²) in [7, 11) is 0. The number of aromatic nitrogens is 3. The average Bonchev–Trinajstić information content (AvgIpc) is 3.07. The predicted octanol–water partition coefficient (Wildman–Crippen LogP) is 3.24. The van der Waals surface area contributed by atoms with E-state index in [1.807, 2.05) is 48.7 Å². The molecule has 0 fully saturated rings. The molecule has 0 bridgehead atoms. The quantitative estimate of drug-likeness (QED) is 0.708. The van der Waals surface area contributed by atoms with Gasteiger partial charge in [-0.05, 0) is 38.5 Å². The van der Waals surface area contributed by atoms with E-state index >= 15 is 0 Å². The van der Waals surface area contributed by atoms with Crippen molar-refractivity contribution in [1.29, 1.82) is 0 Å². The molecule has 0 saturated heterocycles. The lowest BCUT2D eigenvalue weighted by molar-refractivity contribution is 0.0970. The van der Waals surface area contributed by atoms with Crippen LogP contribution < -0.4 is 0 Å². The molecule has 5 heteroatoms. The molecular formula is C19H23N3O2. The Labute approximate surface area is 141 Å². The summed E-state index contributed by atoms with van der Waals surface area (Å²) in [6, 6.07) is 9.60. The van der Waals surface area contributed by atoms with Crippen LogP contribution in [0.25, 0.3) is 11.0 Å². The van der Waals surface area contributed by atoms with Gasteiger partial charge in [0.25, 0.3) is 0 Å². The van der Waals surface area contributed by atoms with Crippen molar-refractivity contribution in [3.63, 3.8) is 0 Å². The summed E-state index contributed by atoms with van der Waals surface area (Å²) in [6.07, 6.45) is 1.03. The lowest BCUT2D eigenvalue weighted by atomic mass is 10.1. The summed E-state index contributed by atoms with van der Waals surface area (Å²) >= 11 is 0. The van der Waals surface area contributed by atoms with E-state index in [-0.39, 0.29) is 18.9 Å². The monoisotopic (exact) mass is 325 g/mol. The van der Waals surface area contributed by atoms with Crippen molar-refractivity contribution >= 4 is 16.8 Å². The molecule has 0 aliphatic heterocycles. The Morgan fingerprint density at radius 2 is 1.96 bits per heavy atom. The molecule has 0 radical (unpaired) electrons. The van der Waals surface area contributed by atoms with E-state index in [9.17, 15) is 9.90 Å². The Balaban J connectivity index is 1.97. The molecule has 3 rings (SSSR count). The van der Waals surface area contributed by atoms with Crippen LogP contribution in [0.1, 0.15) is 40.9 Å². The van der Waals surface area contributed by atoms with Gasteiger partial charge in [0, 0.05) is 23.5 Å². The Morgan fingerprint density at radius 1 is 1.21 bits per heavy atom. The van der Waals surface area contributed by atoms with Gasteiger partial charge in [0.05, 0.1) is 17.6 Å². The number of ketones is 1. The number of rotatable bonds is 6. The lowest BCUT2D eigenvalue weighted by Crippen LogP contribution is -2.14. The molecule has 5 nitrogen and oxygen atoms in total. The second kappa shape index (κ2) is 6.61. The largest absolute Gasteiger partial charge is 0.388 e. The van der Waals surface area contributed by atoms with Crippen LogP contribution in [-0.2, 0) is 19.7 Å². The minimum atomic E-state index is -0.184. The van der Waals surface area contributed by atoms with Crippen molar-refractivity contribution in [1.82, 2.24) is 14.1 Å². The maximum atomic E-state index is 12.9. The molecule has 3 aromatic rings. The van der Waals surface area contributed by atoms with Crippen molar-refractivity contribution in [2.75, 3.05) is 0 Å². The maximum Gasteiger partial charge on any atom is 0.184 e. The first-order chi connectivity index (χ1) is 11.6. The van der Waals surface area contributed by atoms with E-state index in [1.165, 1.54) is 0 Å². The summed E-state index contributed by atoms with van der Waals surface area (Å²) in [6.45, 7) is 7.08. The molecular weight excluding hydrogens is 302 g/mol. The standard InChI is InChI=1S/C19H23N3O2/c1-4-9-21-13(2)10-15(14(21)3)18(24)11-22-17-8-6-5-7-16(17)20-19(22)12-23/h5-8,10,23H,4,9,11-12H2,1-3H3. The lowest BCUT2D eigenvalue weighted by Gasteiger charge is -2.09. The summed E-state index contributed by atoms with van der Waals surface area (Å²) in [5.74, 6) is 0.565. The molecule has 0 unspecified atom stereocenters.